The average Bonchev–Trinajstić information content (AvgIpc) is 3.02. The number of halogens is 2. The molecule has 34 heavy (non-hydrogen) atoms. The first-order valence-electron chi connectivity index (χ1n) is 11.4. The topological polar surface area (TPSA) is 84.9 Å². The van der Waals surface area contributed by atoms with E-state index in [0.717, 1.165) is 55.1 Å². The van der Waals surface area contributed by atoms with Crippen LogP contribution in [-0.4, -0.2) is 54.2 Å². The molecule has 2 aliphatic rings. The highest BCUT2D eigenvalue weighted by atomic mass is 35.5. The van der Waals surface area contributed by atoms with E-state index >= 15 is 0 Å². The smallest absolute Gasteiger partial charge is 0.405 e. The van der Waals surface area contributed by atoms with Gasteiger partial charge < -0.3 is 20.6 Å². The average molecular weight is 509 g/mol. The van der Waals surface area contributed by atoms with Gasteiger partial charge in [0.05, 0.1) is 6.04 Å². The highest BCUT2D eigenvalue weighted by Crippen LogP contribution is 2.39. The predicted octanol–water partition coefficient (Wildman–Crippen LogP) is 4.45. The van der Waals surface area contributed by atoms with Crippen LogP contribution in [0, 0.1) is 0 Å². The summed E-state index contributed by atoms with van der Waals surface area (Å²) in [5, 5.41) is 15.4. The highest BCUT2D eigenvalue weighted by molar-refractivity contribution is 5.94. The van der Waals surface area contributed by atoms with Crippen LogP contribution in [0.5, 0.6) is 0 Å². The first-order chi connectivity index (χ1) is 15.4. The zero-order valence-corrected chi connectivity index (χ0v) is 21.3. The Morgan fingerprint density at radius 2 is 1.76 bits per heavy atom. The minimum absolute atomic E-state index is 0. The molecule has 2 atom stereocenters. The first-order valence-corrected chi connectivity index (χ1v) is 11.4. The van der Waals surface area contributed by atoms with E-state index in [9.17, 15) is 14.7 Å². The van der Waals surface area contributed by atoms with E-state index in [4.69, 9.17) is 0 Å². The summed E-state index contributed by atoms with van der Waals surface area (Å²) in [7, 11) is 0. The lowest BCUT2D eigenvalue weighted by Gasteiger charge is -2.39. The number of benzene rings is 2. The molecule has 3 N–H and O–H groups in total. The van der Waals surface area contributed by atoms with Crippen molar-refractivity contribution in [2.75, 3.05) is 31.1 Å². The van der Waals surface area contributed by atoms with Gasteiger partial charge in [0.25, 0.3) is 0 Å². The second kappa shape index (κ2) is 12.4. The van der Waals surface area contributed by atoms with Crippen LogP contribution < -0.4 is 15.5 Å². The van der Waals surface area contributed by atoms with Crippen molar-refractivity contribution >= 4 is 42.5 Å². The van der Waals surface area contributed by atoms with Crippen molar-refractivity contribution in [3.63, 3.8) is 0 Å². The molecule has 0 aromatic heterocycles. The standard InChI is InChI=1S/C25H32N4O3.2ClH/c1-17-14-23(27-25(31)32)22-15-21(8-9-24(22)29(17)18(2)30)20-6-4-19(5-7-20)16-28-12-3-10-26-11-13-28;;/h4-9,15,17,23,26-27H,3,10-14,16H2,1-2H3,(H,31,32);2*1H/t17-,23+;;/m0../s1. The number of anilines is 1. The van der Waals surface area contributed by atoms with E-state index in [1.165, 1.54) is 12.0 Å². The lowest BCUT2D eigenvalue weighted by molar-refractivity contribution is -0.117. The number of nitrogens with zero attached hydrogens (tertiary/aromatic N) is 2. The summed E-state index contributed by atoms with van der Waals surface area (Å²) in [5.74, 6) is -0.0339. The number of nitrogens with one attached hydrogen (secondary N) is 2. The zero-order chi connectivity index (χ0) is 22.7. The number of fused-ring (bicyclic) bond motifs is 1. The minimum atomic E-state index is -1.05. The Hall–Kier alpha value is -2.32. The van der Waals surface area contributed by atoms with Gasteiger partial charge >= 0.3 is 6.09 Å². The Morgan fingerprint density at radius 3 is 2.44 bits per heavy atom. The fraction of sp³-hybridized carbons (Fsp3) is 0.440. The fourth-order valence-electron chi connectivity index (χ4n) is 4.93. The van der Waals surface area contributed by atoms with Gasteiger partial charge in [-0.25, -0.2) is 4.79 Å². The lowest BCUT2D eigenvalue weighted by atomic mass is 9.89. The van der Waals surface area contributed by atoms with Crippen LogP contribution in [0.1, 0.15) is 43.9 Å². The first kappa shape index (κ1) is 27.9. The van der Waals surface area contributed by atoms with Crippen LogP contribution in [0.15, 0.2) is 42.5 Å². The zero-order valence-electron chi connectivity index (χ0n) is 19.6. The number of hydrogen-bond donors (Lipinski definition) is 3. The number of carbonyl (C=O) groups excluding carboxylic acids is 1. The molecule has 2 aromatic rings. The molecule has 0 aliphatic carbocycles. The molecule has 4 rings (SSSR count). The Bertz CT molecular complexity index is 979. The summed E-state index contributed by atoms with van der Waals surface area (Å²) in [5.41, 5.74) is 5.01. The number of rotatable bonds is 4. The van der Waals surface area contributed by atoms with E-state index in [2.05, 4.69) is 39.8 Å². The Morgan fingerprint density at radius 1 is 1.06 bits per heavy atom. The third-order valence-corrected chi connectivity index (χ3v) is 6.44. The number of carboxylic acid groups (broad SMARTS) is 1. The normalized spacial score (nSPS) is 20.2. The molecule has 2 amide bonds. The SMILES string of the molecule is CC(=O)N1c2ccc(-c3ccc(CN4CCCNCC4)cc3)cc2[C@H](NC(=O)O)C[C@@H]1C.Cl.Cl. The molecule has 2 heterocycles. The summed E-state index contributed by atoms with van der Waals surface area (Å²) in [6.07, 6.45) is 0.670. The van der Waals surface area contributed by atoms with Crippen LogP contribution >= 0.6 is 24.8 Å². The van der Waals surface area contributed by atoms with E-state index in [1.54, 1.807) is 11.8 Å². The van der Waals surface area contributed by atoms with Gasteiger partial charge in [-0.3, -0.25) is 9.69 Å². The summed E-state index contributed by atoms with van der Waals surface area (Å²) >= 11 is 0. The van der Waals surface area contributed by atoms with Crippen molar-refractivity contribution in [3.8, 4) is 11.1 Å². The van der Waals surface area contributed by atoms with Crippen LogP contribution in [0.2, 0.25) is 0 Å². The number of carbonyl (C=O) groups is 2. The third-order valence-electron chi connectivity index (χ3n) is 6.44. The van der Waals surface area contributed by atoms with Crippen LogP contribution in [-0.2, 0) is 11.3 Å². The van der Waals surface area contributed by atoms with Gasteiger partial charge in [0, 0.05) is 38.3 Å². The van der Waals surface area contributed by atoms with Gasteiger partial charge in [0.1, 0.15) is 0 Å². The van der Waals surface area contributed by atoms with Crippen molar-refractivity contribution in [2.45, 2.75) is 45.3 Å². The maximum atomic E-state index is 12.3. The molecule has 186 valence electrons. The molecule has 0 radical (unpaired) electrons. The van der Waals surface area contributed by atoms with Gasteiger partial charge in [0.2, 0.25) is 5.91 Å². The predicted molar refractivity (Wildman–Crippen MR) is 140 cm³/mol. The number of amides is 2. The molecule has 2 aromatic carbocycles. The van der Waals surface area contributed by atoms with Crippen molar-refractivity contribution < 1.29 is 14.7 Å². The second-order valence-corrected chi connectivity index (χ2v) is 8.83. The molecule has 0 bridgehead atoms. The summed E-state index contributed by atoms with van der Waals surface area (Å²) in [6.45, 7) is 8.76. The van der Waals surface area contributed by atoms with Crippen molar-refractivity contribution in [2.24, 2.45) is 0 Å². The molecular formula is C25H34Cl2N4O3. The van der Waals surface area contributed by atoms with Crippen molar-refractivity contribution in [1.29, 1.82) is 0 Å². The fourth-order valence-corrected chi connectivity index (χ4v) is 4.93. The molecule has 0 spiro atoms. The van der Waals surface area contributed by atoms with Crippen LogP contribution in [0.3, 0.4) is 0 Å². The molecule has 0 unspecified atom stereocenters. The largest absolute Gasteiger partial charge is 0.465 e. The summed E-state index contributed by atoms with van der Waals surface area (Å²) < 4.78 is 0. The van der Waals surface area contributed by atoms with Gasteiger partial charge in [-0.15, -0.1) is 24.8 Å². The van der Waals surface area contributed by atoms with E-state index in [-0.39, 0.29) is 42.8 Å². The highest BCUT2D eigenvalue weighted by Gasteiger charge is 2.33. The minimum Gasteiger partial charge on any atom is -0.465 e. The maximum Gasteiger partial charge on any atom is 0.405 e. The Kier molecular flexibility index (Phi) is 10.2. The number of hydrogen-bond acceptors (Lipinski definition) is 4. The Labute approximate surface area is 213 Å². The lowest BCUT2D eigenvalue weighted by Crippen LogP contribution is -2.45. The monoisotopic (exact) mass is 508 g/mol. The molecular weight excluding hydrogens is 475 g/mol. The van der Waals surface area contributed by atoms with Crippen LogP contribution in [0.25, 0.3) is 11.1 Å². The van der Waals surface area contributed by atoms with E-state index in [0.29, 0.717) is 6.42 Å². The molecule has 2 aliphatic heterocycles. The third kappa shape index (κ3) is 6.42. The Balaban J connectivity index is 0.00000204. The van der Waals surface area contributed by atoms with Gasteiger partial charge in [0.15, 0.2) is 0 Å². The van der Waals surface area contributed by atoms with Gasteiger partial charge in [-0.1, -0.05) is 30.3 Å². The van der Waals surface area contributed by atoms with E-state index in [1.807, 2.05) is 25.1 Å². The molecule has 9 heteroatoms. The van der Waals surface area contributed by atoms with Crippen molar-refractivity contribution in [1.82, 2.24) is 15.5 Å². The molecule has 1 saturated heterocycles. The quantitative estimate of drug-likeness (QED) is 0.568. The van der Waals surface area contributed by atoms with E-state index < -0.39 is 6.09 Å². The molecule has 7 nitrogen and oxygen atoms in total. The second-order valence-electron chi connectivity index (χ2n) is 8.83. The maximum absolute atomic E-state index is 12.3. The van der Waals surface area contributed by atoms with Crippen LogP contribution in [0.4, 0.5) is 10.5 Å². The summed E-state index contributed by atoms with van der Waals surface area (Å²) in [6, 6.07) is 14.2. The van der Waals surface area contributed by atoms with Gasteiger partial charge in [-0.05, 0) is 67.2 Å². The van der Waals surface area contributed by atoms with Gasteiger partial charge in [-0.2, -0.15) is 0 Å². The molecule has 0 saturated carbocycles. The molecule has 1 fully saturated rings. The van der Waals surface area contributed by atoms with Crippen molar-refractivity contribution in [3.05, 3.63) is 53.6 Å². The summed E-state index contributed by atoms with van der Waals surface area (Å²) in [4.78, 5) is 27.9.